The highest BCUT2D eigenvalue weighted by atomic mass is 16.6. The smallest absolute Gasteiger partial charge is 0.409 e. The van der Waals surface area contributed by atoms with Crippen molar-refractivity contribution in [3.63, 3.8) is 0 Å². The Kier molecular flexibility index (Phi) is 23.8. The van der Waals surface area contributed by atoms with E-state index in [1.54, 1.807) is 7.05 Å². The van der Waals surface area contributed by atoms with Crippen molar-refractivity contribution in [2.45, 2.75) is 5.92 Å². The number of ether oxygens (including phenoxy) is 11. The Bertz CT molecular complexity index is 1430. The van der Waals surface area contributed by atoms with Crippen molar-refractivity contribution < 1.29 is 66.5 Å². The molecule has 0 saturated carbocycles. The van der Waals surface area contributed by atoms with Crippen LogP contribution in [0.2, 0.25) is 0 Å². The molecule has 16 heteroatoms. The minimum atomic E-state index is -0.371. The van der Waals surface area contributed by atoms with Gasteiger partial charge in [0.25, 0.3) is 11.8 Å². The molecule has 0 N–H and O–H groups in total. The van der Waals surface area contributed by atoms with E-state index in [2.05, 4.69) is 24.3 Å². The third-order valence-electron chi connectivity index (χ3n) is 8.93. The summed E-state index contributed by atoms with van der Waals surface area (Å²) in [7, 11) is 1.71. The zero-order valence-electron chi connectivity index (χ0n) is 33.7. The van der Waals surface area contributed by atoms with Gasteiger partial charge in [-0.05, 0) is 22.3 Å². The van der Waals surface area contributed by atoms with E-state index in [-0.39, 0.29) is 37.0 Å². The van der Waals surface area contributed by atoms with Gasteiger partial charge >= 0.3 is 6.09 Å². The number of likely N-dealkylation sites (N-methyl/N-ethyl adjacent to an activating group) is 1. The summed E-state index contributed by atoms with van der Waals surface area (Å²) in [4.78, 5) is 38.1. The largest absolute Gasteiger partial charge is 0.448 e. The van der Waals surface area contributed by atoms with Gasteiger partial charge in [-0.3, -0.25) is 14.5 Å². The second kappa shape index (κ2) is 29.4. The van der Waals surface area contributed by atoms with Crippen LogP contribution in [-0.2, 0) is 61.7 Å². The Morgan fingerprint density at radius 2 is 0.828 bits per heavy atom. The first-order chi connectivity index (χ1) is 28.6. The molecule has 1 heterocycles. The molecule has 0 unspecified atom stereocenters. The van der Waals surface area contributed by atoms with Crippen LogP contribution in [0.1, 0.15) is 17.0 Å². The Labute approximate surface area is 341 Å². The molecule has 1 aliphatic carbocycles. The molecule has 0 spiro atoms. The first-order valence-corrected chi connectivity index (χ1v) is 19.9. The molecule has 4 rings (SSSR count). The summed E-state index contributed by atoms with van der Waals surface area (Å²) in [5.74, 6) is -0.589. The molecule has 1 aliphatic heterocycles. The fourth-order valence-electron chi connectivity index (χ4n) is 5.89. The van der Waals surface area contributed by atoms with E-state index in [0.29, 0.717) is 139 Å². The summed E-state index contributed by atoms with van der Waals surface area (Å²) >= 11 is 0. The van der Waals surface area contributed by atoms with Crippen LogP contribution in [0.5, 0.6) is 0 Å². The standard InChI is InChI=1S/C42H60N2O14/c1-43(42(47)58-34-39-37-8-4-2-6-35(37)36-7-3-5-9-38(36)39)12-14-48-16-18-50-20-22-52-24-26-54-28-30-56-32-33-57-31-29-55-27-25-53-23-21-51-19-17-49-15-13-44-40(45)10-11-41(44)46/h2-11,39H,12-34H2,1H3. The maximum absolute atomic E-state index is 12.6. The quantitative estimate of drug-likeness (QED) is 0.0739. The monoisotopic (exact) mass is 816 g/mol. The average Bonchev–Trinajstić information content (AvgIpc) is 3.74. The van der Waals surface area contributed by atoms with Crippen LogP contribution < -0.4 is 0 Å². The van der Waals surface area contributed by atoms with Gasteiger partial charge in [0.15, 0.2) is 0 Å². The molecule has 3 amide bonds. The van der Waals surface area contributed by atoms with E-state index in [1.807, 2.05) is 24.3 Å². The van der Waals surface area contributed by atoms with Crippen LogP contribution in [0.25, 0.3) is 11.1 Å². The van der Waals surface area contributed by atoms with Crippen LogP contribution in [0.15, 0.2) is 60.7 Å². The van der Waals surface area contributed by atoms with Gasteiger partial charge in [-0.25, -0.2) is 4.79 Å². The van der Waals surface area contributed by atoms with E-state index in [4.69, 9.17) is 52.1 Å². The topological polar surface area (TPSA) is 159 Å². The molecule has 16 nitrogen and oxygen atoms in total. The van der Waals surface area contributed by atoms with Crippen molar-refractivity contribution in [3.05, 3.63) is 71.8 Å². The molecule has 0 atom stereocenters. The zero-order valence-corrected chi connectivity index (χ0v) is 33.7. The lowest BCUT2D eigenvalue weighted by atomic mass is 9.98. The molecule has 58 heavy (non-hydrogen) atoms. The van der Waals surface area contributed by atoms with Crippen molar-refractivity contribution in [1.29, 1.82) is 0 Å². The first-order valence-electron chi connectivity index (χ1n) is 19.9. The Morgan fingerprint density at radius 3 is 1.21 bits per heavy atom. The number of rotatable bonds is 35. The van der Waals surface area contributed by atoms with Gasteiger partial charge in [-0.2, -0.15) is 0 Å². The van der Waals surface area contributed by atoms with Crippen LogP contribution in [-0.4, -0.2) is 187 Å². The van der Waals surface area contributed by atoms with Crippen molar-refractivity contribution >= 4 is 17.9 Å². The third-order valence-corrected chi connectivity index (χ3v) is 8.93. The highest BCUT2D eigenvalue weighted by molar-refractivity contribution is 6.12. The van der Waals surface area contributed by atoms with Crippen LogP contribution in [0.3, 0.4) is 0 Å². The summed E-state index contributed by atoms with van der Waals surface area (Å²) < 4.78 is 60.6. The second-order valence-corrected chi connectivity index (χ2v) is 13.0. The van der Waals surface area contributed by atoms with E-state index < -0.39 is 0 Å². The third kappa shape index (κ3) is 18.0. The summed E-state index contributed by atoms with van der Waals surface area (Å²) in [6, 6.07) is 16.5. The molecule has 0 bridgehead atoms. The molecular weight excluding hydrogens is 756 g/mol. The highest BCUT2D eigenvalue weighted by Gasteiger charge is 2.29. The lowest BCUT2D eigenvalue weighted by Crippen LogP contribution is -2.33. The number of fused-ring (bicyclic) bond motifs is 3. The number of carbonyl (C=O) groups is 3. The van der Waals surface area contributed by atoms with Gasteiger partial charge < -0.3 is 57.0 Å². The molecule has 2 aromatic carbocycles. The summed E-state index contributed by atoms with van der Waals surface area (Å²) in [6.45, 7) is 9.70. The summed E-state index contributed by atoms with van der Waals surface area (Å²) in [5, 5.41) is 0. The molecule has 2 aromatic rings. The molecule has 0 radical (unpaired) electrons. The number of hydrogen-bond acceptors (Lipinski definition) is 14. The van der Waals surface area contributed by atoms with Crippen molar-refractivity contribution in [2.75, 3.05) is 159 Å². The maximum Gasteiger partial charge on any atom is 0.409 e. The number of amides is 3. The van der Waals surface area contributed by atoms with Crippen LogP contribution >= 0.6 is 0 Å². The molecule has 2 aliphatic rings. The van der Waals surface area contributed by atoms with Crippen molar-refractivity contribution in [1.82, 2.24) is 9.80 Å². The van der Waals surface area contributed by atoms with Gasteiger partial charge in [-0.1, -0.05) is 48.5 Å². The Balaban J connectivity index is 0.795. The van der Waals surface area contributed by atoms with Gasteiger partial charge in [0.1, 0.15) is 6.61 Å². The Morgan fingerprint density at radius 1 is 0.500 bits per heavy atom. The number of benzene rings is 2. The van der Waals surface area contributed by atoms with Gasteiger partial charge in [0.2, 0.25) is 0 Å². The second-order valence-electron chi connectivity index (χ2n) is 13.0. The fraction of sp³-hybridized carbons (Fsp3) is 0.595. The molecule has 0 saturated heterocycles. The number of hydrogen-bond donors (Lipinski definition) is 0. The van der Waals surface area contributed by atoms with Gasteiger partial charge in [0.05, 0.1) is 139 Å². The predicted octanol–water partition coefficient (Wildman–Crippen LogP) is 2.96. The molecule has 0 aromatic heterocycles. The number of imide groups is 1. The minimum absolute atomic E-state index is 0.0322. The lowest BCUT2D eigenvalue weighted by Gasteiger charge is -2.19. The van der Waals surface area contributed by atoms with Crippen LogP contribution in [0.4, 0.5) is 4.79 Å². The first kappa shape index (κ1) is 46.9. The van der Waals surface area contributed by atoms with E-state index in [9.17, 15) is 14.4 Å². The normalized spacial score (nSPS) is 13.4. The van der Waals surface area contributed by atoms with E-state index in [1.165, 1.54) is 39.3 Å². The summed E-state index contributed by atoms with van der Waals surface area (Å²) in [5.41, 5.74) is 4.78. The molecular formula is C42H60N2O14. The SMILES string of the molecule is CN(CCOCCOCCOCCOCCOCCOCCOCCOCCOCCOCCN1C(=O)C=CC1=O)C(=O)OCC1c2ccccc2-c2ccccc21. The predicted molar refractivity (Wildman–Crippen MR) is 212 cm³/mol. The highest BCUT2D eigenvalue weighted by Crippen LogP contribution is 2.44. The average molecular weight is 817 g/mol. The lowest BCUT2D eigenvalue weighted by molar-refractivity contribution is -0.137. The van der Waals surface area contributed by atoms with Crippen LogP contribution in [0, 0.1) is 0 Å². The number of carbonyl (C=O) groups excluding carboxylic acids is 3. The fourth-order valence-corrected chi connectivity index (χ4v) is 5.89. The zero-order chi connectivity index (χ0) is 40.9. The Hall–Kier alpha value is -3.81. The van der Waals surface area contributed by atoms with E-state index in [0.717, 1.165) is 4.90 Å². The molecule has 0 fully saturated rings. The minimum Gasteiger partial charge on any atom is -0.448 e. The van der Waals surface area contributed by atoms with Gasteiger partial charge in [0, 0.05) is 31.7 Å². The number of nitrogens with zero attached hydrogens (tertiary/aromatic N) is 2. The van der Waals surface area contributed by atoms with Gasteiger partial charge in [-0.15, -0.1) is 0 Å². The van der Waals surface area contributed by atoms with E-state index >= 15 is 0 Å². The summed E-state index contributed by atoms with van der Waals surface area (Å²) in [6.07, 6.45) is 2.14. The van der Waals surface area contributed by atoms with Crippen molar-refractivity contribution in [2.24, 2.45) is 0 Å². The van der Waals surface area contributed by atoms with Crippen molar-refractivity contribution in [3.8, 4) is 11.1 Å². The molecule has 322 valence electrons. The maximum atomic E-state index is 12.6.